The van der Waals surface area contributed by atoms with Crippen LogP contribution < -0.4 is 14.6 Å². The summed E-state index contributed by atoms with van der Waals surface area (Å²) in [5.74, 6) is 0.996. The molecule has 0 atom stereocenters. The van der Waals surface area contributed by atoms with Gasteiger partial charge in [-0.15, -0.1) is 0 Å². The summed E-state index contributed by atoms with van der Waals surface area (Å²) in [5, 5.41) is 22.4. The van der Waals surface area contributed by atoms with Gasteiger partial charge >= 0.3 is 37.7 Å². The van der Waals surface area contributed by atoms with Crippen LogP contribution in [0.5, 0.6) is 34.5 Å². The summed E-state index contributed by atoms with van der Waals surface area (Å²) in [4.78, 5) is -0.536. The first-order valence-electron chi connectivity index (χ1n) is 18.9. The number of hydrogen-bond acceptors (Lipinski definition) is 9. The Morgan fingerprint density at radius 1 is 0.545 bits per heavy atom. The van der Waals surface area contributed by atoms with E-state index in [0.717, 1.165) is 48.9 Å². The van der Waals surface area contributed by atoms with E-state index in [1.807, 2.05) is 12.1 Å². The first-order chi connectivity index (χ1) is 25.8. The molecule has 0 unspecified atom stereocenters. The van der Waals surface area contributed by atoms with Gasteiger partial charge in [0.1, 0.15) is 27.4 Å². The molecular weight excluding hydrogens is 769 g/mol. The second-order valence-electron chi connectivity index (χ2n) is 13.4. The van der Waals surface area contributed by atoms with Crippen LogP contribution in [-0.2, 0) is 33.1 Å². The van der Waals surface area contributed by atoms with Gasteiger partial charge in [-0.2, -0.15) is 8.42 Å². The molecular formula is C42H54CaO10S2. The Kier molecular flexibility index (Phi) is 22.3. The summed E-state index contributed by atoms with van der Waals surface area (Å²) >= 11 is 0. The molecule has 0 aliphatic rings. The Morgan fingerprint density at radius 2 is 0.945 bits per heavy atom. The monoisotopic (exact) mass is 822 g/mol. The Balaban J connectivity index is 0.000000373. The minimum Gasteiger partial charge on any atom is -0.870 e. The molecule has 0 saturated carbocycles. The van der Waals surface area contributed by atoms with Gasteiger partial charge in [-0.05, 0) is 104 Å². The van der Waals surface area contributed by atoms with Gasteiger partial charge in [0, 0.05) is 0 Å². The molecule has 296 valence electrons. The first kappa shape index (κ1) is 48.3. The van der Waals surface area contributed by atoms with Gasteiger partial charge in [-0.3, -0.25) is 4.55 Å². The molecule has 0 spiro atoms. The number of benzene rings is 4. The third-order valence-corrected chi connectivity index (χ3v) is 10.6. The summed E-state index contributed by atoms with van der Waals surface area (Å²) in [5.41, 5.74) is 2.06. The van der Waals surface area contributed by atoms with Crippen molar-refractivity contribution >= 4 is 58.0 Å². The van der Waals surface area contributed by atoms with Crippen LogP contribution in [0.15, 0.2) is 94.7 Å². The van der Waals surface area contributed by atoms with Gasteiger partial charge < -0.3 is 24.2 Å². The average molecular weight is 823 g/mol. The van der Waals surface area contributed by atoms with Crippen LogP contribution in [0.25, 0.3) is 0 Å². The molecule has 55 heavy (non-hydrogen) atoms. The third kappa shape index (κ3) is 18.8. The van der Waals surface area contributed by atoms with E-state index in [4.69, 9.17) is 14.0 Å². The molecule has 0 amide bonds. The fourth-order valence-corrected chi connectivity index (χ4v) is 6.73. The van der Waals surface area contributed by atoms with Crippen molar-refractivity contribution in [3.8, 4) is 34.5 Å². The maximum atomic E-state index is 12.2. The van der Waals surface area contributed by atoms with Gasteiger partial charge in [0.25, 0.3) is 10.1 Å². The maximum absolute atomic E-state index is 12.2. The van der Waals surface area contributed by atoms with Gasteiger partial charge in [-0.1, -0.05) is 115 Å². The number of ether oxygens (including phenoxy) is 2. The largest absolute Gasteiger partial charge is 2.00 e. The molecule has 0 saturated heterocycles. The van der Waals surface area contributed by atoms with Crippen molar-refractivity contribution in [2.24, 2.45) is 0 Å². The Labute approximate surface area is 357 Å². The summed E-state index contributed by atoms with van der Waals surface area (Å²) in [6.07, 6.45) is 19.1. The SMILES string of the molecule is CCCCCCCCCc1ccc(Oc2ccc(S(=O)(=O)O)cc2)c(O)c1.CCCCCCCCCc1ccc(Oc2ccc(S(=O)(=O)[O-])cc2)c([O-])c1.[Ca+2]. The second kappa shape index (κ2) is 25.4. The normalized spacial score (nSPS) is 11.3. The molecule has 4 rings (SSSR count). The van der Waals surface area contributed by atoms with Crippen LogP contribution in [-0.4, -0.2) is 68.8 Å². The molecule has 10 nitrogen and oxygen atoms in total. The second-order valence-corrected chi connectivity index (χ2v) is 16.2. The molecule has 0 radical (unpaired) electrons. The van der Waals surface area contributed by atoms with E-state index >= 15 is 0 Å². The van der Waals surface area contributed by atoms with Crippen molar-refractivity contribution < 1.29 is 45.6 Å². The smallest absolute Gasteiger partial charge is 0.870 e. The summed E-state index contributed by atoms with van der Waals surface area (Å²) in [6.45, 7) is 4.42. The topological polar surface area (TPSA) is 173 Å². The molecule has 0 aliphatic heterocycles. The predicted octanol–water partition coefficient (Wildman–Crippen LogP) is 10.1. The molecule has 0 aliphatic carbocycles. The zero-order chi connectivity index (χ0) is 39.4. The Hall–Kier alpha value is -2.84. The van der Waals surface area contributed by atoms with E-state index in [1.165, 1.54) is 113 Å². The molecule has 0 bridgehead atoms. The molecule has 4 aromatic carbocycles. The van der Waals surface area contributed by atoms with E-state index in [0.29, 0.717) is 17.2 Å². The van der Waals surface area contributed by atoms with Crippen molar-refractivity contribution in [3.63, 3.8) is 0 Å². The number of phenolic OH excluding ortho intramolecular Hbond substituents is 1. The van der Waals surface area contributed by atoms with Crippen LogP contribution in [0.2, 0.25) is 0 Å². The Morgan fingerprint density at radius 3 is 1.36 bits per heavy atom. The number of hydrogen-bond donors (Lipinski definition) is 2. The standard InChI is InChI=1S/2C21H28O5S.Ca/c2*1-2-3-4-5-6-7-8-9-17-10-15-21(20(22)16-17)26-18-11-13-19(14-12-18)27(23,24)25;/h2*10-16,22H,2-9H2,1H3,(H,23,24,25);/q;;+2/p-2. The van der Waals surface area contributed by atoms with Gasteiger partial charge in [-0.25, -0.2) is 8.42 Å². The van der Waals surface area contributed by atoms with Crippen LogP contribution in [0.4, 0.5) is 0 Å². The van der Waals surface area contributed by atoms with E-state index in [-0.39, 0.29) is 64.8 Å². The third-order valence-electron chi connectivity index (χ3n) is 8.86. The quantitative estimate of drug-likeness (QED) is 0.0441. The fraction of sp³-hybridized carbons (Fsp3) is 0.429. The van der Waals surface area contributed by atoms with Crippen molar-refractivity contribution in [2.75, 3.05) is 0 Å². The Bertz CT molecular complexity index is 1770. The summed E-state index contributed by atoms with van der Waals surface area (Å²) in [7, 11) is -8.72. The van der Waals surface area contributed by atoms with Gasteiger partial charge in [0.2, 0.25) is 0 Å². The van der Waals surface area contributed by atoms with Crippen molar-refractivity contribution in [2.45, 2.75) is 126 Å². The molecule has 2 N–H and O–H groups in total. The number of unbranched alkanes of at least 4 members (excludes halogenated alkanes) is 12. The van der Waals surface area contributed by atoms with Crippen molar-refractivity contribution in [3.05, 3.63) is 96.1 Å². The zero-order valence-corrected chi connectivity index (χ0v) is 35.9. The molecule has 0 heterocycles. The van der Waals surface area contributed by atoms with E-state index in [2.05, 4.69) is 13.8 Å². The van der Waals surface area contributed by atoms with Crippen LogP contribution in [0, 0.1) is 0 Å². The minimum absolute atomic E-state index is 0. The van der Waals surface area contributed by atoms with E-state index < -0.39 is 20.2 Å². The van der Waals surface area contributed by atoms with Crippen LogP contribution in [0.3, 0.4) is 0 Å². The zero-order valence-electron chi connectivity index (χ0n) is 32.1. The molecule has 13 heteroatoms. The van der Waals surface area contributed by atoms with E-state index in [9.17, 15) is 31.6 Å². The number of aryl methyl sites for hydroxylation is 2. The minimum atomic E-state index is -4.49. The molecule has 0 fully saturated rings. The number of phenols is 1. The fourth-order valence-electron chi connectivity index (χ4n) is 5.78. The van der Waals surface area contributed by atoms with Crippen molar-refractivity contribution in [1.82, 2.24) is 0 Å². The van der Waals surface area contributed by atoms with Crippen LogP contribution >= 0.6 is 0 Å². The average Bonchev–Trinajstić information content (AvgIpc) is 3.13. The van der Waals surface area contributed by atoms with E-state index in [1.54, 1.807) is 24.3 Å². The number of aromatic hydroxyl groups is 1. The van der Waals surface area contributed by atoms with Crippen LogP contribution in [0.1, 0.15) is 115 Å². The summed E-state index contributed by atoms with van der Waals surface area (Å²) < 4.78 is 74.9. The first-order valence-corrected chi connectivity index (χ1v) is 21.8. The molecule has 0 aromatic heterocycles. The predicted molar refractivity (Wildman–Crippen MR) is 214 cm³/mol. The summed E-state index contributed by atoms with van der Waals surface area (Å²) in [6, 6.07) is 20.8. The maximum Gasteiger partial charge on any atom is 2.00 e. The number of rotatable bonds is 22. The van der Waals surface area contributed by atoms with Gasteiger partial charge in [0.05, 0.1) is 9.79 Å². The van der Waals surface area contributed by atoms with Gasteiger partial charge in [0.15, 0.2) is 11.5 Å². The molecule has 4 aromatic rings. The van der Waals surface area contributed by atoms with Crippen molar-refractivity contribution in [1.29, 1.82) is 0 Å².